The first-order valence-electron chi connectivity index (χ1n) is 5.26. The van der Waals surface area contributed by atoms with Crippen LogP contribution < -0.4 is 14.2 Å². The summed E-state index contributed by atoms with van der Waals surface area (Å²) < 4.78 is 15.8. The van der Waals surface area contributed by atoms with Gasteiger partial charge in [-0.2, -0.15) is 0 Å². The van der Waals surface area contributed by atoms with Gasteiger partial charge in [-0.25, -0.2) is 4.79 Å². The van der Waals surface area contributed by atoms with Crippen LogP contribution in [0.5, 0.6) is 17.2 Å². The molecule has 5 nitrogen and oxygen atoms in total. The maximum absolute atomic E-state index is 11.2. The molecule has 1 unspecified atom stereocenters. The van der Waals surface area contributed by atoms with Crippen molar-refractivity contribution < 1.29 is 24.1 Å². The molecule has 1 aromatic carbocycles. The molecule has 0 bridgehead atoms. The summed E-state index contributed by atoms with van der Waals surface area (Å²) in [5, 5.41) is 9.19. The Hall–Kier alpha value is -1.91. The molecule has 1 aromatic rings. The molecule has 92 valence electrons. The molecule has 2 rings (SSSR count). The zero-order chi connectivity index (χ0) is 12.6. The van der Waals surface area contributed by atoms with E-state index in [1.54, 1.807) is 6.07 Å². The predicted octanol–water partition coefficient (Wildman–Crippen LogP) is 1.73. The Morgan fingerprint density at radius 2 is 2.18 bits per heavy atom. The second-order valence-electron chi connectivity index (χ2n) is 3.91. The summed E-state index contributed by atoms with van der Waals surface area (Å²) in [6.45, 7) is 1.92. The molecule has 0 saturated carbocycles. The molecule has 17 heavy (non-hydrogen) atoms. The van der Waals surface area contributed by atoms with E-state index in [2.05, 4.69) is 0 Å². The zero-order valence-electron chi connectivity index (χ0n) is 9.94. The van der Waals surface area contributed by atoms with Gasteiger partial charge in [0.25, 0.3) is 0 Å². The monoisotopic (exact) mass is 238 g/mol. The lowest BCUT2D eigenvalue weighted by Crippen LogP contribution is -2.07. The number of fused-ring (bicyclic) bond motifs is 1. The topological polar surface area (TPSA) is 65.0 Å². The highest BCUT2D eigenvalue weighted by Gasteiger charge is 2.30. The standard InChI is InChI=1S/C12H14O5/c1-6-4-7-5-8(15-2)9(12(13)14)11(16-3)10(7)17-6/h5-6H,4H2,1-3H3,(H,13,14). The van der Waals surface area contributed by atoms with Gasteiger partial charge >= 0.3 is 5.97 Å². The molecule has 1 aliphatic rings. The molecule has 0 aliphatic carbocycles. The Bertz CT molecular complexity index is 466. The minimum absolute atomic E-state index is 0.00264. The number of hydrogen-bond donors (Lipinski definition) is 1. The minimum atomic E-state index is -1.09. The van der Waals surface area contributed by atoms with Crippen LogP contribution in [0.2, 0.25) is 0 Å². The molecule has 5 heteroatoms. The summed E-state index contributed by atoms with van der Waals surface area (Å²) in [5.41, 5.74) is 0.916. The van der Waals surface area contributed by atoms with Crippen molar-refractivity contribution in [1.82, 2.24) is 0 Å². The number of aromatic carboxylic acids is 1. The third-order valence-corrected chi connectivity index (χ3v) is 2.74. The number of benzene rings is 1. The summed E-state index contributed by atoms with van der Waals surface area (Å²) in [6.07, 6.45) is 0.745. The number of hydrogen-bond acceptors (Lipinski definition) is 4. The fourth-order valence-electron chi connectivity index (χ4n) is 2.06. The van der Waals surface area contributed by atoms with Crippen molar-refractivity contribution in [3.63, 3.8) is 0 Å². The van der Waals surface area contributed by atoms with Crippen LogP contribution >= 0.6 is 0 Å². The molecular formula is C12H14O5. The summed E-state index contributed by atoms with van der Waals surface area (Å²) in [6, 6.07) is 1.70. The van der Waals surface area contributed by atoms with Crippen molar-refractivity contribution in [2.75, 3.05) is 14.2 Å². The van der Waals surface area contributed by atoms with E-state index in [1.165, 1.54) is 14.2 Å². The molecular weight excluding hydrogens is 224 g/mol. The van der Waals surface area contributed by atoms with Crippen LogP contribution in [-0.4, -0.2) is 31.4 Å². The average molecular weight is 238 g/mol. The highest BCUT2D eigenvalue weighted by molar-refractivity contribution is 5.96. The Balaban J connectivity index is 2.67. The lowest BCUT2D eigenvalue weighted by atomic mass is 10.1. The van der Waals surface area contributed by atoms with Crippen molar-refractivity contribution in [2.24, 2.45) is 0 Å². The fourth-order valence-corrected chi connectivity index (χ4v) is 2.06. The van der Waals surface area contributed by atoms with Gasteiger partial charge in [-0.15, -0.1) is 0 Å². The molecule has 0 amide bonds. The van der Waals surface area contributed by atoms with E-state index < -0.39 is 5.97 Å². The smallest absolute Gasteiger partial charge is 0.343 e. The third kappa shape index (κ3) is 1.77. The van der Waals surface area contributed by atoms with Crippen molar-refractivity contribution >= 4 is 5.97 Å². The molecule has 1 aliphatic heterocycles. The molecule has 0 aromatic heterocycles. The Kier molecular flexibility index (Phi) is 2.83. The maximum atomic E-state index is 11.2. The van der Waals surface area contributed by atoms with E-state index in [0.717, 1.165) is 12.0 Å². The van der Waals surface area contributed by atoms with Gasteiger partial charge in [0.15, 0.2) is 11.5 Å². The van der Waals surface area contributed by atoms with Crippen molar-refractivity contribution in [3.8, 4) is 17.2 Å². The van der Waals surface area contributed by atoms with E-state index >= 15 is 0 Å². The summed E-state index contributed by atoms with van der Waals surface area (Å²) in [5.74, 6) is -0.0511. The minimum Gasteiger partial charge on any atom is -0.496 e. The summed E-state index contributed by atoms with van der Waals surface area (Å²) in [4.78, 5) is 11.2. The summed E-state index contributed by atoms with van der Waals surface area (Å²) in [7, 11) is 2.86. The maximum Gasteiger partial charge on any atom is 0.343 e. The first kappa shape index (κ1) is 11.6. The molecule has 0 radical (unpaired) electrons. The number of ether oxygens (including phenoxy) is 3. The van der Waals surface area contributed by atoms with Gasteiger partial charge in [-0.05, 0) is 13.0 Å². The number of rotatable bonds is 3. The predicted molar refractivity (Wildman–Crippen MR) is 60.3 cm³/mol. The van der Waals surface area contributed by atoms with Gasteiger partial charge in [-0.3, -0.25) is 0 Å². The van der Waals surface area contributed by atoms with Gasteiger partial charge in [0.05, 0.1) is 14.2 Å². The third-order valence-electron chi connectivity index (χ3n) is 2.74. The van der Waals surface area contributed by atoms with Gasteiger partial charge in [0.2, 0.25) is 0 Å². The van der Waals surface area contributed by atoms with Crippen LogP contribution in [0, 0.1) is 0 Å². The second kappa shape index (κ2) is 4.16. The largest absolute Gasteiger partial charge is 0.496 e. The fraction of sp³-hybridized carbons (Fsp3) is 0.417. The number of methoxy groups -OCH3 is 2. The molecule has 1 heterocycles. The SMILES string of the molecule is COc1cc2c(c(OC)c1C(=O)O)OC(C)C2. The van der Waals surface area contributed by atoms with E-state index in [1.807, 2.05) is 6.92 Å². The highest BCUT2D eigenvalue weighted by Crippen LogP contribution is 2.44. The lowest BCUT2D eigenvalue weighted by Gasteiger charge is -2.13. The van der Waals surface area contributed by atoms with E-state index in [-0.39, 0.29) is 17.4 Å². The van der Waals surface area contributed by atoms with Crippen molar-refractivity contribution in [2.45, 2.75) is 19.4 Å². The molecule has 0 saturated heterocycles. The van der Waals surface area contributed by atoms with E-state index in [0.29, 0.717) is 11.5 Å². The van der Waals surface area contributed by atoms with Crippen LogP contribution in [-0.2, 0) is 6.42 Å². The van der Waals surface area contributed by atoms with Gasteiger partial charge in [0.1, 0.15) is 17.4 Å². The first-order chi connectivity index (χ1) is 8.08. The molecule has 1 atom stereocenters. The van der Waals surface area contributed by atoms with Gasteiger partial charge in [-0.1, -0.05) is 0 Å². The Morgan fingerprint density at radius 3 is 2.71 bits per heavy atom. The molecule has 0 fully saturated rings. The van der Waals surface area contributed by atoms with E-state index in [4.69, 9.17) is 14.2 Å². The Labute approximate surface area is 98.9 Å². The van der Waals surface area contributed by atoms with E-state index in [9.17, 15) is 9.90 Å². The first-order valence-corrected chi connectivity index (χ1v) is 5.26. The molecule has 1 N–H and O–H groups in total. The van der Waals surface area contributed by atoms with Crippen LogP contribution in [0.25, 0.3) is 0 Å². The summed E-state index contributed by atoms with van der Waals surface area (Å²) >= 11 is 0. The van der Waals surface area contributed by atoms with Crippen molar-refractivity contribution in [1.29, 1.82) is 0 Å². The van der Waals surface area contributed by atoms with Crippen LogP contribution in [0.15, 0.2) is 6.07 Å². The van der Waals surface area contributed by atoms with Crippen LogP contribution in [0.1, 0.15) is 22.8 Å². The zero-order valence-corrected chi connectivity index (χ0v) is 9.94. The van der Waals surface area contributed by atoms with Crippen LogP contribution in [0.3, 0.4) is 0 Å². The average Bonchev–Trinajstić information content (AvgIpc) is 2.65. The number of carboxylic acids is 1. The normalized spacial score (nSPS) is 17.2. The quantitative estimate of drug-likeness (QED) is 0.868. The van der Waals surface area contributed by atoms with Crippen LogP contribution in [0.4, 0.5) is 0 Å². The Morgan fingerprint density at radius 1 is 1.47 bits per heavy atom. The second-order valence-corrected chi connectivity index (χ2v) is 3.91. The highest BCUT2D eigenvalue weighted by atomic mass is 16.5. The number of carboxylic acid groups (broad SMARTS) is 1. The molecule has 0 spiro atoms. The van der Waals surface area contributed by atoms with Crippen molar-refractivity contribution in [3.05, 3.63) is 17.2 Å². The van der Waals surface area contributed by atoms with Gasteiger partial charge < -0.3 is 19.3 Å². The van der Waals surface area contributed by atoms with Gasteiger partial charge in [0, 0.05) is 12.0 Å². The lowest BCUT2D eigenvalue weighted by molar-refractivity contribution is 0.0688. The number of carbonyl (C=O) groups is 1.